The van der Waals surface area contributed by atoms with Gasteiger partial charge in [0.15, 0.2) is 5.76 Å². The van der Waals surface area contributed by atoms with Crippen LogP contribution in [0, 0.1) is 6.92 Å². The van der Waals surface area contributed by atoms with Gasteiger partial charge in [-0.05, 0) is 12.1 Å². The zero-order valence-electron chi connectivity index (χ0n) is 6.46. The van der Waals surface area contributed by atoms with Crippen molar-refractivity contribution in [1.82, 2.24) is 5.16 Å². The van der Waals surface area contributed by atoms with E-state index in [-0.39, 0.29) is 6.42 Å². The van der Waals surface area contributed by atoms with E-state index in [9.17, 15) is 4.79 Å². The minimum atomic E-state index is 0.252. The second kappa shape index (κ2) is 3.18. The van der Waals surface area contributed by atoms with E-state index in [4.69, 9.17) is 9.26 Å². The van der Waals surface area contributed by atoms with Crippen LogP contribution in [0.4, 0.5) is 0 Å². The first-order valence-corrected chi connectivity index (χ1v) is 3.22. The molecule has 4 nitrogen and oxygen atoms in total. The highest BCUT2D eigenvalue weighted by Gasteiger charge is 2.10. The van der Waals surface area contributed by atoms with Crippen LogP contribution in [0.25, 0.3) is 0 Å². The fourth-order valence-electron chi connectivity index (χ4n) is 0.809. The number of rotatable bonds is 3. The summed E-state index contributed by atoms with van der Waals surface area (Å²) in [5.41, 5.74) is 0.791. The van der Waals surface area contributed by atoms with E-state index in [0.29, 0.717) is 11.6 Å². The first-order chi connectivity index (χ1) is 5.29. The van der Waals surface area contributed by atoms with Gasteiger partial charge in [0.05, 0.1) is 19.1 Å². The molecular formula is C7H9NO3. The highest BCUT2D eigenvalue weighted by atomic mass is 16.5. The van der Waals surface area contributed by atoms with Crippen LogP contribution >= 0.6 is 0 Å². The molecule has 1 rings (SSSR count). The molecule has 0 fully saturated rings. The second-order valence-electron chi connectivity index (χ2n) is 2.11. The molecule has 0 saturated heterocycles. The van der Waals surface area contributed by atoms with Crippen molar-refractivity contribution in [3.63, 3.8) is 0 Å². The molecule has 60 valence electrons. The lowest BCUT2D eigenvalue weighted by Crippen LogP contribution is -1.87. The van der Waals surface area contributed by atoms with Crippen LogP contribution in [-0.4, -0.2) is 18.6 Å². The average Bonchev–Trinajstić information content (AvgIpc) is 2.34. The largest absolute Gasteiger partial charge is 0.479 e. The number of nitrogens with zero attached hydrogens (tertiary/aromatic N) is 1. The summed E-state index contributed by atoms with van der Waals surface area (Å²) in [6.45, 7) is 1.80. The Bertz CT molecular complexity index is 254. The number of carbonyl (C=O) groups is 1. The van der Waals surface area contributed by atoms with Crippen LogP contribution in [0.2, 0.25) is 0 Å². The lowest BCUT2D eigenvalue weighted by molar-refractivity contribution is -0.107. The van der Waals surface area contributed by atoms with Crippen LogP contribution in [0.5, 0.6) is 5.88 Å². The lowest BCUT2D eigenvalue weighted by Gasteiger charge is -1.91. The molecule has 0 N–H and O–H groups in total. The van der Waals surface area contributed by atoms with Crippen molar-refractivity contribution < 1.29 is 14.1 Å². The maximum Gasteiger partial charge on any atom is 0.257 e. The van der Waals surface area contributed by atoms with E-state index in [2.05, 4.69) is 5.16 Å². The maximum atomic E-state index is 10.1. The van der Waals surface area contributed by atoms with Crippen molar-refractivity contribution in [2.24, 2.45) is 0 Å². The fourth-order valence-corrected chi connectivity index (χ4v) is 0.809. The van der Waals surface area contributed by atoms with Gasteiger partial charge in [0.1, 0.15) is 6.29 Å². The summed E-state index contributed by atoms with van der Waals surface area (Å²) in [6.07, 6.45) is 1.02. The van der Waals surface area contributed by atoms with E-state index in [1.165, 1.54) is 7.11 Å². The molecular weight excluding hydrogens is 146 g/mol. The van der Waals surface area contributed by atoms with Gasteiger partial charge >= 0.3 is 0 Å². The van der Waals surface area contributed by atoms with Gasteiger partial charge in [-0.2, -0.15) is 0 Å². The van der Waals surface area contributed by atoms with Crippen molar-refractivity contribution in [3.05, 3.63) is 11.3 Å². The van der Waals surface area contributed by atoms with Crippen molar-refractivity contribution in [2.75, 3.05) is 7.11 Å². The number of aldehydes is 1. The summed E-state index contributed by atoms with van der Waals surface area (Å²) >= 11 is 0. The molecule has 1 aromatic rings. The van der Waals surface area contributed by atoms with Crippen molar-refractivity contribution in [1.29, 1.82) is 0 Å². The van der Waals surface area contributed by atoms with Gasteiger partial charge in [-0.15, -0.1) is 0 Å². The molecule has 1 aromatic heterocycles. The molecule has 1 heterocycles. The SMILES string of the molecule is COc1noc(CC=O)c1C. The van der Waals surface area contributed by atoms with E-state index >= 15 is 0 Å². The smallest absolute Gasteiger partial charge is 0.257 e. The van der Waals surface area contributed by atoms with Gasteiger partial charge in [0, 0.05) is 0 Å². The molecule has 0 aliphatic rings. The summed E-state index contributed by atoms with van der Waals surface area (Å²) in [5.74, 6) is 1.01. The molecule has 4 heteroatoms. The quantitative estimate of drug-likeness (QED) is 0.604. The van der Waals surface area contributed by atoms with Gasteiger partial charge < -0.3 is 14.1 Å². The summed E-state index contributed by atoms with van der Waals surface area (Å²) in [7, 11) is 1.51. The van der Waals surface area contributed by atoms with E-state index < -0.39 is 0 Å². The molecule has 0 atom stereocenters. The summed E-state index contributed by atoms with van der Waals surface area (Å²) < 4.78 is 9.67. The van der Waals surface area contributed by atoms with Gasteiger partial charge in [0.25, 0.3) is 5.88 Å². The molecule has 0 bridgehead atoms. The topological polar surface area (TPSA) is 52.3 Å². The maximum absolute atomic E-state index is 10.1. The Kier molecular flexibility index (Phi) is 2.25. The number of hydrogen-bond acceptors (Lipinski definition) is 4. The standard InChI is InChI=1S/C7H9NO3/c1-5-6(3-4-9)11-8-7(5)10-2/h4H,3H2,1-2H3. The van der Waals surface area contributed by atoms with Gasteiger partial charge in [0.2, 0.25) is 0 Å². The molecule has 0 spiro atoms. The van der Waals surface area contributed by atoms with Gasteiger partial charge in [-0.25, -0.2) is 0 Å². The molecule has 0 aliphatic heterocycles. The van der Waals surface area contributed by atoms with Crippen molar-refractivity contribution >= 4 is 6.29 Å². The van der Waals surface area contributed by atoms with Crippen LogP contribution < -0.4 is 4.74 Å². The van der Waals surface area contributed by atoms with Crippen LogP contribution in [0.1, 0.15) is 11.3 Å². The average molecular weight is 155 g/mol. The van der Waals surface area contributed by atoms with Crippen LogP contribution in [-0.2, 0) is 11.2 Å². The van der Waals surface area contributed by atoms with Crippen LogP contribution in [0.15, 0.2) is 4.52 Å². The Morgan fingerprint density at radius 1 is 1.73 bits per heavy atom. The predicted molar refractivity (Wildman–Crippen MR) is 37.6 cm³/mol. The number of carbonyl (C=O) groups excluding carboxylic acids is 1. The minimum absolute atomic E-state index is 0.252. The Morgan fingerprint density at radius 2 is 2.45 bits per heavy atom. The zero-order valence-corrected chi connectivity index (χ0v) is 6.46. The Labute approximate surface area is 64.1 Å². The van der Waals surface area contributed by atoms with E-state index in [1.54, 1.807) is 6.92 Å². The number of ether oxygens (including phenoxy) is 1. The minimum Gasteiger partial charge on any atom is -0.479 e. The van der Waals surface area contributed by atoms with Gasteiger partial charge in [-0.1, -0.05) is 0 Å². The Morgan fingerprint density at radius 3 is 2.91 bits per heavy atom. The molecule has 0 saturated carbocycles. The Balaban J connectivity index is 2.90. The highest BCUT2D eigenvalue weighted by Crippen LogP contribution is 2.18. The second-order valence-corrected chi connectivity index (χ2v) is 2.11. The third-order valence-corrected chi connectivity index (χ3v) is 1.44. The third-order valence-electron chi connectivity index (χ3n) is 1.44. The van der Waals surface area contributed by atoms with Crippen LogP contribution in [0.3, 0.4) is 0 Å². The molecule has 0 aromatic carbocycles. The number of aromatic nitrogens is 1. The van der Waals surface area contributed by atoms with Crippen molar-refractivity contribution in [3.8, 4) is 5.88 Å². The lowest BCUT2D eigenvalue weighted by atomic mass is 10.2. The third kappa shape index (κ3) is 1.39. The summed E-state index contributed by atoms with van der Waals surface area (Å²) in [6, 6.07) is 0. The zero-order chi connectivity index (χ0) is 8.27. The summed E-state index contributed by atoms with van der Waals surface area (Å²) in [5, 5.41) is 3.60. The first kappa shape index (κ1) is 7.78. The highest BCUT2D eigenvalue weighted by molar-refractivity contribution is 5.54. The first-order valence-electron chi connectivity index (χ1n) is 3.22. The summed E-state index contributed by atoms with van der Waals surface area (Å²) in [4.78, 5) is 10.1. The normalized spacial score (nSPS) is 9.64. The predicted octanol–water partition coefficient (Wildman–Crippen LogP) is 0.733. The monoisotopic (exact) mass is 155 g/mol. The fraction of sp³-hybridized carbons (Fsp3) is 0.429. The number of hydrogen-bond donors (Lipinski definition) is 0. The van der Waals surface area contributed by atoms with E-state index in [0.717, 1.165) is 11.8 Å². The molecule has 0 aliphatic carbocycles. The van der Waals surface area contributed by atoms with Crippen molar-refractivity contribution in [2.45, 2.75) is 13.3 Å². The molecule has 0 radical (unpaired) electrons. The molecule has 11 heavy (non-hydrogen) atoms. The van der Waals surface area contributed by atoms with E-state index in [1.807, 2.05) is 0 Å². The number of methoxy groups -OCH3 is 1. The molecule has 0 unspecified atom stereocenters. The Hall–Kier alpha value is -1.32. The van der Waals surface area contributed by atoms with Gasteiger partial charge in [-0.3, -0.25) is 0 Å². The molecule has 0 amide bonds.